The summed E-state index contributed by atoms with van der Waals surface area (Å²) < 4.78 is 3.08. The van der Waals surface area contributed by atoms with Crippen molar-refractivity contribution < 1.29 is 9.59 Å². The maximum absolute atomic E-state index is 12.6. The van der Waals surface area contributed by atoms with Crippen LogP contribution in [-0.4, -0.2) is 58.3 Å². The van der Waals surface area contributed by atoms with Crippen molar-refractivity contribution in [2.24, 2.45) is 0 Å². The number of thiazole rings is 1. The molecule has 7 nitrogen and oxygen atoms in total. The van der Waals surface area contributed by atoms with Gasteiger partial charge >= 0.3 is 0 Å². The molecule has 0 bridgehead atoms. The number of rotatable bonds is 10. The maximum atomic E-state index is 12.6. The van der Waals surface area contributed by atoms with Crippen LogP contribution in [0.3, 0.4) is 0 Å². The minimum absolute atomic E-state index is 0.0419. The third-order valence-electron chi connectivity index (χ3n) is 6.05. The molecule has 0 aliphatic carbocycles. The monoisotopic (exact) mass is 491 g/mol. The van der Waals surface area contributed by atoms with Crippen molar-refractivity contribution in [1.82, 2.24) is 24.9 Å². The third kappa shape index (κ3) is 5.71. The maximum Gasteiger partial charge on any atom is 0.251 e. The molecule has 35 heavy (non-hydrogen) atoms. The molecule has 0 spiro atoms. The molecule has 2 aromatic carbocycles. The number of hydrogen-bond acceptors (Lipinski definition) is 5. The van der Waals surface area contributed by atoms with Gasteiger partial charge < -0.3 is 15.5 Å². The van der Waals surface area contributed by atoms with Crippen molar-refractivity contribution in [1.29, 1.82) is 0 Å². The standard InChI is InChI=1S/C27H33N5O2S/c1-5-31(6-2)15-7-14-28-25(33)21-12-13-23-24(16-21)35-27-30-22(17-32(23)27)19-8-10-20(11-9-19)26(34)29-18(3)4/h8-13,16-18H,5-7,14-15H2,1-4H3,(H,28,33)(H,29,34). The zero-order valence-electron chi connectivity index (χ0n) is 20.8. The number of fused-ring (bicyclic) bond motifs is 3. The van der Waals surface area contributed by atoms with Gasteiger partial charge in [-0.2, -0.15) is 0 Å². The fraction of sp³-hybridized carbons (Fsp3) is 0.370. The second-order valence-electron chi connectivity index (χ2n) is 8.91. The Morgan fingerprint density at radius 1 is 1.03 bits per heavy atom. The van der Waals surface area contributed by atoms with Gasteiger partial charge in [-0.25, -0.2) is 4.98 Å². The molecule has 4 aromatic rings. The lowest BCUT2D eigenvalue weighted by molar-refractivity contribution is 0.0938. The van der Waals surface area contributed by atoms with E-state index in [4.69, 9.17) is 4.98 Å². The second-order valence-corrected chi connectivity index (χ2v) is 9.91. The summed E-state index contributed by atoms with van der Waals surface area (Å²) >= 11 is 1.56. The average Bonchev–Trinajstić information content (AvgIpc) is 3.41. The van der Waals surface area contributed by atoms with E-state index in [1.54, 1.807) is 11.3 Å². The van der Waals surface area contributed by atoms with Gasteiger partial charge in [-0.15, -0.1) is 0 Å². The van der Waals surface area contributed by atoms with Crippen LogP contribution in [-0.2, 0) is 0 Å². The zero-order valence-corrected chi connectivity index (χ0v) is 21.6. The highest BCUT2D eigenvalue weighted by atomic mass is 32.1. The van der Waals surface area contributed by atoms with Gasteiger partial charge in [0.25, 0.3) is 11.8 Å². The molecular weight excluding hydrogens is 458 g/mol. The van der Waals surface area contributed by atoms with Crippen LogP contribution < -0.4 is 10.6 Å². The molecule has 0 saturated carbocycles. The molecule has 0 aliphatic rings. The number of nitrogens with zero attached hydrogens (tertiary/aromatic N) is 3. The summed E-state index contributed by atoms with van der Waals surface area (Å²) in [5, 5.41) is 5.94. The van der Waals surface area contributed by atoms with E-state index in [9.17, 15) is 9.59 Å². The molecule has 2 amide bonds. The number of hydrogen-bond donors (Lipinski definition) is 2. The molecule has 0 aliphatic heterocycles. The average molecular weight is 492 g/mol. The van der Waals surface area contributed by atoms with Crippen molar-refractivity contribution in [3.05, 3.63) is 59.8 Å². The van der Waals surface area contributed by atoms with E-state index in [0.717, 1.165) is 52.5 Å². The fourth-order valence-corrected chi connectivity index (χ4v) is 5.11. The Morgan fingerprint density at radius 2 is 1.74 bits per heavy atom. The molecule has 0 radical (unpaired) electrons. The lowest BCUT2D eigenvalue weighted by Gasteiger charge is -2.17. The smallest absolute Gasteiger partial charge is 0.251 e. The number of carbonyl (C=O) groups is 2. The van der Waals surface area contributed by atoms with Gasteiger partial charge in [0.1, 0.15) is 0 Å². The van der Waals surface area contributed by atoms with Crippen LogP contribution in [0.5, 0.6) is 0 Å². The van der Waals surface area contributed by atoms with Crippen LogP contribution >= 0.6 is 11.3 Å². The summed E-state index contributed by atoms with van der Waals surface area (Å²) in [6.07, 6.45) is 2.94. The molecule has 184 valence electrons. The fourth-order valence-electron chi connectivity index (χ4n) is 4.07. The molecule has 8 heteroatoms. The Labute approximate surface area is 210 Å². The summed E-state index contributed by atoms with van der Waals surface area (Å²) in [6, 6.07) is 13.4. The molecular formula is C27H33N5O2S. The highest BCUT2D eigenvalue weighted by molar-refractivity contribution is 7.23. The highest BCUT2D eigenvalue weighted by Gasteiger charge is 2.14. The molecule has 0 atom stereocenters. The first kappa shape index (κ1) is 24.9. The first-order valence-corrected chi connectivity index (χ1v) is 13.0. The van der Waals surface area contributed by atoms with Crippen molar-refractivity contribution in [2.75, 3.05) is 26.2 Å². The molecule has 0 unspecified atom stereocenters. The summed E-state index contributed by atoms with van der Waals surface area (Å²) in [4.78, 5) is 32.8. The van der Waals surface area contributed by atoms with Gasteiger partial charge in [-0.3, -0.25) is 14.0 Å². The largest absolute Gasteiger partial charge is 0.352 e. The van der Waals surface area contributed by atoms with E-state index in [1.807, 2.05) is 62.5 Å². The lowest BCUT2D eigenvalue weighted by Crippen LogP contribution is -2.29. The molecule has 2 aromatic heterocycles. The number of benzene rings is 2. The molecule has 0 fully saturated rings. The Hall–Kier alpha value is -3.23. The number of imidazole rings is 1. The quantitative estimate of drug-likeness (QED) is 0.312. The predicted octanol–water partition coefficient (Wildman–Crippen LogP) is 4.82. The van der Waals surface area contributed by atoms with Gasteiger partial charge in [0.15, 0.2) is 4.96 Å². The van der Waals surface area contributed by atoms with E-state index in [0.29, 0.717) is 17.7 Å². The molecule has 4 rings (SSSR count). The van der Waals surface area contributed by atoms with Gasteiger partial charge in [-0.05, 0) is 70.2 Å². The lowest BCUT2D eigenvalue weighted by atomic mass is 10.1. The van der Waals surface area contributed by atoms with E-state index in [2.05, 4.69) is 33.8 Å². The van der Waals surface area contributed by atoms with E-state index in [-0.39, 0.29) is 17.9 Å². The van der Waals surface area contributed by atoms with E-state index >= 15 is 0 Å². The summed E-state index contributed by atoms with van der Waals surface area (Å²) in [6.45, 7) is 11.9. The number of amides is 2. The normalized spacial score (nSPS) is 11.6. The molecule has 0 saturated heterocycles. The Kier molecular flexibility index (Phi) is 7.83. The Morgan fingerprint density at radius 3 is 2.43 bits per heavy atom. The van der Waals surface area contributed by atoms with E-state index in [1.165, 1.54) is 0 Å². The highest BCUT2D eigenvalue weighted by Crippen LogP contribution is 2.30. The molecule has 2 N–H and O–H groups in total. The second kappa shape index (κ2) is 11.0. The van der Waals surface area contributed by atoms with Crippen molar-refractivity contribution in [3.8, 4) is 11.3 Å². The van der Waals surface area contributed by atoms with E-state index < -0.39 is 0 Å². The minimum atomic E-state index is -0.0768. The van der Waals surface area contributed by atoms with Gasteiger partial charge in [0.05, 0.1) is 15.9 Å². The predicted molar refractivity (Wildman–Crippen MR) is 143 cm³/mol. The minimum Gasteiger partial charge on any atom is -0.352 e. The van der Waals surface area contributed by atoms with Crippen molar-refractivity contribution >= 4 is 38.3 Å². The van der Waals surface area contributed by atoms with Crippen LogP contribution in [0.4, 0.5) is 0 Å². The van der Waals surface area contributed by atoms with Crippen LogP contribution in [0.15, 0.2) is 48.7 Å². The third-order valence-corrected chi connectivity index (χ3v) is 7.07. The van der Waals surface area contributed by atoms with Crippen LogP contribution in [0.2, 0.25) is 0 Å². The first-order valence-electron chi connectivity index (χ1n) is 12.2. The van der Waals surface area contributed by atoms with Gasteiger partial charge in [0.2, 0.25) is 0 Å². The van der Waals surface area contributed by atoms with Crippen LogP contribution in [0.25, 0.3) is 26.4 Å². The van der Waals surface area contributed by atoms with Crippen LogP contribution in [0.1, 0.15) is 54.8 Å². The topological polar surface area (TPSA) is 78.7 Å². The van der Waals surface area contributed by atoms with Gasteiger partial charge in [-0.1, -0.05) is 37.3 Å². The SMILES string of the molecule is CCN(CC)CCCNC(=O)c1ccc2c(c1)sc1nc(-c3ccc(C(=O)NC(C)C)cc3)cn12. The molecule has 2 heterocycles. The number of aromatic nitrogens is 2. The first-order chi connectivity index (χ1) is 16.9. The summed E-state index contributed by atoms with van der Waals surface area (Å²) in [5.41, 5.74) is 4.13. The van der Waals surface area contributed by atoms with Crippen LogP contribution in [0, 0.1) is 0 Å². The number of carbonyl (C=O) groups excluding carboxylic acids is 2. The number of nitrogens with one attached hydrogen (secondary N) is 2. The zero-order chi connectivity index (χ0) is 24.9. The summed E-state index contributed by atoms with van der Waals surface area (Å²) in [5.74, 6) is -0.119. The van der Waals surface area contributed by atoms with Crippen molar-refractivity contribution in [2.45, 2.75) is 40.2 Å². The Balaban J connectivity index is 1.45. The van der Waals surface area contributed by atoms with Crippen molar-refractivity contribution in [3.63, 3.8) is 0 Å². The summed E-state index contributed by atoms with van der Waals surface area (Å²) in [7, 11) is 0. The Bertz CT molecular complexity index is 1320. The van der Waals surface area contributed by atoms with Gasteiger partial charge in [0, 0.05) is 35.5 Å².